The highest BCUT2D eigenvalue weighted by Crippen LogP contribution is 2.18. The van der Waals surface area contributed by atoms with Gasteiger partial charge in [0.2, 0.25) is 0 Å². The van der Waals surface area contributed by atoms with Crippen molar-refractivity contribution in [3.8, 4) is 0 Å². The molecule has 0 saturated heterocycles. The molecular formula is C13H21FN2. The maximum Gasteiger partial charge on any atom is 0.146 e. The second kappa shape index (κ2) is 6.48. The van der Waals surface area contributed by atoms with Gasteiger partial charge in [-0.2, -0.15) is 0 Å². The molecule has 3 heteroatoms. The smallest absolute Gasteiger partial charge is 0.146 e. The largest absolute Gasteiger partial charge is 0.372 e. The van der Waals surface area contributed by atoms with Gasteiger partial charge in [-0.15, -0.1) is 0 Å². The molecule has 1 rings (SSSR count). The molecule has 0 aliphatic heterocycles. The lowest BCUT2D eigenvalue weighted by Gasteiger charge is -2.25. The van der Waals surface area contributed by atoms with E-state index in [1.165, 1.54) is 6.07 Å². The average molecular weight is 224 g/mol. The summed E-state index contributed by atoms with van der Waals surface area (Å²) in [7, 11) is 3.89. The van der Waals surface area contributed by atoms with Crippen molar-refractivity contribution >= 4 is 5.69 Å². The van der Waals surface area contributed by atoms with E-state index in [9.17, 15) is 4.39 Å². The molecule has 0 aliphatic carbocycles. The van der Waals surface area contributed by atoms with Crippen molar-refractivity contribution in [1.29, 1.82) is 0 Å². The molecule has 1 N–H and O–H groups in total. The van der Waals surface area contributed by atoms with Gasteiger partial charge in [-0.1, -0.05) is 25.5 Å². The maximum atomic E-state index is 13.5. The molecule has 90 valence electrons. The van der Waals surface area contributed by atoms with Crippen molar-refractivity contribution in [3.05, 3.63) is 30.1 Å². The van der Waals surface area contributed by atoms with Crippen molar-refractivity contribution in [2.24, 2.45) is 5.92 Å². The van der Waals surface area contributed by atoms with Crippen LogP contribution in [-0.2, 0) is 0 Å². The van der Waals surface area contributed by atoms with Crippen LogP contribution in [0.2, 0.25) is 0 Å². The monoisotopic (exact) mass is 224 g/mol. The van der Waals surface area contributed by atoms with Gasteiger partial charge in [0.15, 0.2) is 0 Å². The second-order valence-electron chi connectivity index (χ2n) is 4.16. The van der Waals surface area contributed by atoms with Crippen LogP contribution in [0.3, 0.4) is 0 Å². The quantitative estimate of drug-likeness (QED) is 0.798. The summed E-state index contributed by atoms with van der Waals surface area (Å²) in [5.41, 5.74) is 0.678. The van der Waals surface area contributed by atoms with E-state index < -0.39 is 0 Å². The minimum Gasteiger partial charge on any atom is -0.372 e. The molecular weight excluding hydrogens is 203 g/mol. The van der Waals surface area contributed by atoms with Gasteiger partial charge in [-0.25, -0.2) is 4.39 Å². The van der Waals surface area contributed by atoms with E-state index in [2.05, 4.69) is 12.2 Å². The number of nitrogens with zero attached hydrogens (tertiary/aromatic N) is 1. The fraction of sp³-hybridized carbons (Fsp3) is 0.538. The summed E-state index contributed by atoms with van der Waals surface area (Å²) in [6.45, 7) is 4.00. The number of anilines is 1. The Morgan fingerprint density at radius 2 is 2.06 bits per heavy atom. The number of hydrogen-bond donors (Lipinski definition) is 1. The van der Waals surface area contributed by atoms with Gasteiger partial charge in [-0.05, 0) is 31.6 Å². The maximum absolute atomic E-state index is 13.5. The zero-order valence-corrected chi connectivity index (χ0v) is 10.3. The molecule has 0 aliphatic rings. The summed E-state index contributed by atoms with van der Waals surface area (Å²) in [5, 5.41) is 3.17. The van der Waals surface area contributed by atoms with Crippen LogP contribution in [-0.4, -0.2) is 27.2 Å². The predicted molar refractivity (Wildman–Crippen MR) is 67.4 cm³/mol. The van der Waals surface area contributed by atoms with Crippen LogP contribution >= 0.6 is 0 Å². The Labute approximate surface area is 97.5 Å². The molecule has 16 heavy (non-hydrogen) atoms. The van der Waals surface area contributed by atoms with Crippen LogP contribution in [0.1, 0.15) is 13.3 Å². The van der Waals surface area contributed by atoms with E-state index in [1.807, 2.05) is 31.1 Å². The Hall–Kier alpha value is -1.09. The molecule has 1 atom stereocenters. The third-order valence-corrected chi connectivity index (χ3v) is 2.87. The van der Waals surface area contributed by atoms with Crippen LogP contribution in [0.4, 0.5) is 10.1 Å². The van der Waals surface area contributed by atoms with Crippen molar-refractivity contribution < 1.29 is 4.39 Å². The Balaban J connectivity index is 2.64. The number of rotatable bonds is 6. The van der Waals surface area contributed by atoms with Crippen molar-refractivity contribution in [3.63, 3.8) is 0 Å². The number of nitrogens with one attached hydrogen (secondary N) is 1. The van der Waals surface area contributed by atoms with Crippen LogP contribution in [0.25, 0.3) is 0 Å². The first kappa shape index (κ1) is 13.0. The molecule has 0 fully saturated rings. The first-order chi connectivity index (χ1) is 7.69. The van der Waals surface area contributed by atoms with Gasteiger partial charge in [0.05, 0.1) is 5.69 Å². The molecule has 0 heterocycles. The lowest BCUT2D eigenvalue weighted by atomic mass is 10.1. The van der Waals surface area contributed by atoms with E-state index in [1.54, 1.807) is 6.07 Å². The number of halogens is 1. The third kappa shape index (κ3) is 3.49. The topological polar surface area (TPSA) is 15.3 Å². The van der Waals surface area contributed by atoms with E-state index in [0.717, 1.165) is 19.5 Å². The number of para-hydroxylation sites is 1. The molecule has 0 saturated carbocycles. The summed E-state index contributed by atoms with van der Waals surface area (Å²) in [4.78, 5) is 1.99. The standard InChI is InChI=1S/C13H21FN2/c1-4-11(9-15-2)10-16(3)13-8-6-5-7-12(13)14/h5-8,11,15H,4,9-10H2,1-3H3. The van der Waals surface area contributed by atoms with E-state index in [4.69, 9.17) is 0 Å². The summed E-state index contributed by atoms with van der Waals surface area (Å²) >= 11 is 0. The fourth-order valence-corrected chi connectivity index (χ4v) is 1.87. The molecule has 0 aromatic heterocycles. The van der Waals surface area contributed by atoms with Crippen molar-refractivity contribution in [1.82, 2.24) is 5.32 Å². The van der Waals surface area contributed by atoms with E-state index in [0.29, 0.717) is 11.6 Å². The van der Waals surface area contributed by atoms with Gasteiger partial charge in [0.25, 0.3) is 0 Å². The zero-order valence-electron chi connectivity index (χ0n) is 10.3. The minimum absolute atomic E-state index is 0.149. The Morgan fingerprint density at radius 3 is 2.62 bits per heavy atom. The fourth-order valence-electron chi connectivity index (χ4n) is 1.87. The Morgan fingerprint density at radius 1 is 1.38 bits per heavy atom. The first-order valence-corrected chi connectivity index (χ1v) is 5.79. The molecule has 0 spiro atoms. The SMILES string of the molecule is CCC(CNC)CN(C)c1ccccc1F. The summed E-state index contributed by atoms with van der Waals surface area (Å²) in [5.74, 6) is 0.402. The zero-order chi connectivity index (χ0) is 12.0. The highest BCUT2D eigenvalue weighted by molar-refractivity contribution is 5.46. The van der Waals surface area contributed by atoms with E-state index >= 15 is 0 Å². The average Bonchev–Trinajstić information content (AvgIpc) is 2.28. The van der Waals surface area contributed by atoms with Crippen molar-refractivity contribution in [2.75, 3.05) is 32.1 Å². The summed E-state index contributed by atoms with van der Waals surface area (Å²) in [6, 6.07) is 6.91. The Bertz CT molecular complexity index is 315. The van der Waals surface area contributed by atoms with Crippen LogP contribution in [0.5, 0.6) is 0 Å². The highest BCUT2D eigenvalue weighted by Gasteiger charge is 2.11. The molecule has 1 aromatic carbocycles. The third-order valence-electron chi connectivity index (χ3n) is 2.87. The predicted octanol–water partition coefficient (Wildman–Crippen LogP) is 2.51. The van der Waals surface area contributed by atoms with Gasteiger partial charge >= 0.3 is 0 Å². The number of benzene rings is 1. The highest BCUT2D eigenvalue weighted by atomic mass is 19.1. The van der Waals surface area contributed by atoms with Gasteiger partial charge in [0, 0.05) is 13.6 Å². The minimum atomic E-state index is -0.149. The van der Waals surface area contributed by atoms with Gasteiger partial charge in [-0.3, -0.25) is 0 Å². The lowest BCUT2D eigenvalue weighted by Crippen LogP contribution is -2.31. The summed E-state index contributed by atoms with van der Waals surface area (Å²) < 4.78 is 13.5. The molecule has 2 nitrogen and oxygen atoms in total. The Kier molecular flexibility index (Phi) is 5.26. The summed E-state index contributed by atoms with van der Waals surface area (Å²) in [6.07, 6.45) is 1.10. The lowest BCUT2D eigenvalue weighted by molar-refractivity contribution is 0.481. The second-order valence-corrected chi connectivity index (χ2v) is 4.16. The van der Waals surface area contributed by atoms with E-state index in [-0.39, 0.29) is 5.82 Å². The molecule has 0 amide bonds. The number of hydrogen-bond acceptors (Lipinski definition) is 2. The van der Waals surface area contributed by atoms with Crippen LogP contribution in [0.15, 0.2) is 24.3 Å². The molecule has 1 unspecified atom stereocenters. The molecule has 0 radical (unpaired) electrons. The molecule has 0 bridgehead atoms. The van der Waals surface area contributed by atoms with Gasteiger partial charge in [0.1, 0.15) is 5.82 Å². The van der Waals surface area contributed by atoms with Crippen molar-refractivity contribution in [2.45, 2.75) is 13.3 Å². The molecule has 1 aromatic rings. The first-order valence-electron chi connectivity index (χ1n) is 5.79. The normalized spacial score (nSPS) is 12.5. The van der Waals surface area contributed by atoms with Crippen LogP contribution < -0.4 is 10.2 Å². The van der Waals surface area contributed by atoms with Gasteiger partial charge < -0.3 is 10.2 Å². The van der Waals surface area contributed by atoms with Crippen LogP contribution in [0, 0.1) is 11.7 Å².